The smallest absolute Gasteiger partial charge is 0.166 e. The normalized spacial score (nSPS) is 23.1. The third-order valence-electron chi connectivity index (χ3n) is 2.64. The van der Waals surface area contributed by atoms with Gasteiger partial charge < -0.3 is 4.84 Å². The van der Waals surface area contributed by atoms with Gasteiger partial charge in [0.15, 0.2) is 17.0 Å². The fourth-order valence-corrected chi connectivity index (χ4v) is 1.93. The van der Waals surface area contributed by atoms with Crippen molar-refractivity contribution in [2.45, 2.75) is 33.8 Å². The number of carbonyl (C=O) groups is 2. The van der Waals surface area contributed by atoms with E-state index in [4.69, 9.17) is 4.84 Å². The molecule has 80 valence electrons. The molecular formula is C9H14INO3. The van der Waals surface area contributed by atoms with E-state index >= 15 is 0 Å². The van der Waals surface area contributed by atoms with Gasteiger partial charge in [-0.05, 0) is 27.7 Å². The van der Waals surface area contributed by atoms with Crippen molar-refractivity contribution in [1.82, 2.24) is 0 Å². The van der Waals surface area contributed by atoms with Gasteiger partial charge in [0.05, 0.1) is 5.71 Å². The molecule has 1 heterocycles. The van der Waals surface area contributed by atoms with Crippen LogP contribution in [0.2, 0.25) is 0 Å². The standard InChI is InChI=1S/C9H13NO3.HI/c1-5-9(6(2)11,7(3)12)8(4)13-10-5;/h8H,1-4H3;1H. The van der Waals surface area contributed by atoms with Crippen molar-refractivity contribution in [3.05, 3.63) is 0 Å². The largest absolute Gasteiger partial charge is 0.391 e. The summed E-state index contributed by atoms with van der Waals surface area (Å²) in [6, 6.07) is 0. The first-order chi connectivity index (χ1) is 5.94. The van der Waals surface area contributed by atoms with Crippen molar-refractivity contribution < 1.29 is 14.4 Å². The fraction of sp³-hybridized carbons (Fsp3) is 0.667. The average Bonchev–Trinajstić information content (AvgIpc) is 2.27. The molecule has 4 nitrogen and oxygen atoms in total. The number of oxime groups is 1. The molecule has 5 heteroatoms. The minimum Gasteiger partial charge on any atom is -0.391 e. The number of carbonyl (C=O) groups excluding carboxylic acids is 2. The first kappa shape index (κ1) is 13.5. The summed E-state index contributed by atoms with van der Waals surface area (Å²) >= 11 is 0. The lowest BCUT2D eigenvalue weighted by Gasteiger charge is -2.25. The second-order valence-electron chi connectivity index (χ2n) is 3.34. The predicted octanol–water partition coefficient (Wildman–Crippen LogP) is 1.56. The topological polar surface area (TPSA) is 55.7 Å². The SMILES string of the molecule is CC(=O)C1(C(C)=O)C(C)=NOC1C.I. The van der Waals surface area contributed by atoms with Gasteiger partial charge in [-0.25, -0.2) is 0 Å². The van der Waals surface area contributed by atoms with Gasteiger partial charge in [-0.3, -0.25) is 9.59 Å². The summed E-state index contributed by atoms with van der Waals surface area (Å²) in [5.74, 6) is -0.405. The van der Waals surface area contributed by atoms with Crippen LogP contribution in [0.25, 0.3) is 0 Å². The quantitative estimate of drug-likeness (QED) is 0.574. The maximum absolute atomic E-state index is 11.4. The molecule has 14 heavy (non-hydrogen) atoms. The molecule has 1 aliphatic rings. The van der Waals surface area contributed by atoms with Gasteiger partial charge in [-0.1, -0.05) is 5.16 Å². The van der Waals surface area contributed by atoms with Gasteiger partial charge in [-0.2, -0.15) is 0 Å². The molecule has 0 spiro atoms. The fourth-order valence-electron chi connectivity index (χ4n) is 1.93. The van der Waals surface area contributed by atoms with E-state index in [0.29, 0.717) is 5.71 Å². The summed E-state index contributed by atoms with van der Waals surface area (Å²) in [7, 11) is 0. The molecule has 0 amide bonds. The van der Waals surface area contributed by atoms with Crippen LogP contribution in [0.3, 0.4) is 0 Å². The van der Waals surface area contributed by atoms with Crippen LogP contribution >= 0.6 is 24.0 Å². The van der Waals surface area contributed by atoms with Crippen LogP contribution < -0.4 is 0 Å². The van der Waals surface area contributed by atoms with Crippen molar-refractivity contribution in [3.8, 4) is 0 Å². The number of halogens is 1. The Kier molecular flexibility index (Phi) is 4.23. The Morgan fingerprint density at radius 2 is 1.79 bits per heavy atom. The zero-order valence-electron chi connectivity index (χ0n) is 8.66. The Hall–Kier alpha value is -0.460. The van der Waals surface area contributed by atoms with Crippen LogP contribution in [-0.4, -0.2) is 23.4 Å². The minimum atomic E-state index is -1.14. The van der Waals surface area contributed by atoms with E-state index in [0.717, 1.165) is 0 Å². The Bertz CT molecular complexity index is 284. The van der Waals surface area contributed by atoms with Crippen LogP contribution in [0.5, 0.6) is 0 Å². The summed E-state index contributed by atoms with van der Waals surface area (Å²) in [6.07, 6.45) is -0.484. The average molecular weight is 311 g/mol. The molecule has 0 saturated heterocycles. The van der Waals surface area contributed by atoms with Crippen molar-refractivity contribution in [2.75, 3.05) is 0 Å². The monoisotopic (exact) mass is 311 g/mol. The minimum absolute atomic E-state index is 0. The zero-order chi connectivity index (χ0) is 10.2. The van der Waals surface area contributed by atoms with Gasteiger partial charge in [0.25, 0.3) is 0 Å². The third-order valence-corrected chi connectivity index (χ3v) is 2.64. The molecule has 1 atom stereocenters. The van der Waals surface area contributed by atoms with E-state index in [1.807, 2.05) is 0 Å². The van der Waals surface area contributed by atoms with Crippen molar-refractivity contribution in [1.29, 1.82) is 0 Å². The maximum atomic E-state index is 11.4. The van der Waals surface area contributed by atoms with Crippen LogP contribution in [-0.2, 0) is 14.4 Å². The molecule has 0 aliphatic carbocycles. The maximum Gasteiger partial charge on any atom is 0.166 e. The molecule has 1 unspecified atom stereocenters. The molecule has 0 radical (unpaired) electrons. The van der Waals surface area contributed by atoms with Crippen molar-refractivity contribution in [2.24, 2.45) is 10.6 Å². The van der Waals surface area contributed by atoms with Gasteiger partial charge in [0, 0.05) is 0 Å². The second kappa shape index (κ2) is 4.37. The number of Topliss-reactive ketones (excluding diaryl/α,β-unsaturated/α-hetero) is 2. The predicted molar refractivity (Wildman–Crippen MR) is 62.9 cm³/mol. The highest BCUT2D eigenvalue weighted by Crippen LogP contribution is 2.34. The number of rotatable bonds is 2. The van der Waals surface area contributed by atoms with E-state index in [2.05, 4.69) is 5.16 Å². The van der Waals surface area contributed by atoms with Gasteiger partial charge >= 0.3 is 0 Å². The molecule has 0 saturated carbocycles. The van der Waals surface area contributed by atoms with Gasteiger partial charge in [-0.15, -0.1) is 24.0 Å². The van der Waals surface area contributed by atoms with E-state index in [9.17, 15) is 9.59 Å². The van der Waals surface area contributed by atoms with Crippen LogP contribution in [0.4, 0.5) is 0 Å². The van der Waals surface area contributed by atoms with E-state index in [-0.39, 0.29) is 35.5 Å². The molecule has 0 aromatic rings. The highest BCUT2D eigenvalue weighted by Gasteiger charge is 2.53. The molecule has 0 fully saturated rings. The Labute approximate surface area is 100 Å². The Balaban J connectivity index is 0.00000169. The summed E-state index contributed by atoms with van der Waals surface area (Å²) in [5, 5.41) is 3.69. The zero-order valence-corrected chi connectivity index (χ0v) is 11.0. The lowest BCUT2D eigenvalue weighted by atomic mass is 9.73. The van der Waals surface area contributed by atoms with Crippen LogP contribution in [0.1, 0.15) is 27.7 Å². The number of hydrogen-bond donors (Lipinski definition) is 0. The molecule has 1 rings (SSSR count). The van der Waals surface area contributed by atoms with Crippen molar-refractivity contribution >= 4 is 41.3 Å². The molecular weight excluding hydrogens is 297 g/mol. The highest BCUT2D eigenvalue weighted by atomic mass is 127. The second-order valence-corrected chi connectivity index (χ2v) is 3.34. The summed E-state index contributed by atoms with van der Waals surface area (Å²) in [6.45, 7) is 6.12. The first-order valence-electron chi connectivity index (χ1n) is 4.17. The summed E-state index contributed by atoms with van der Waals surface area (Å²) in [4.78, 5) is 27.8. The van der Waals surface area contributed by atoms with E-state index < -0.39 is 11.5 Å². The number of nitrogens with zero attached hydrogens (tertiary/aromatic N) is 1. The lowest BCUT2D eigenvalue weighted by Crippen LogP contribution is -2.48. The molecule has 1 aliphatic heterocycles. The molecule has 0 N–H and O–H groups in total. The number of ketones is 2. The van der Waals surface area contributed by atoms with Crippen LogP contribution in [0.15, 0.2) is 5.16 Å². The molecule has 0 bridgehead atoms. The molecule has 0 aromatic carbocycles. The Morgan fingerprint density at radius 3 is 1.93 bits per heavy atom. The lowest BCUT2D eigenvalue weighted by molar-refractivity contribution is -0.139. The van der Waals surface area contributed by atoms with E-state index in [1.54, 1.807) is 13.8 Å². The summed E-state index contributed by atoms with van der Waals surface area (Å²) < 4.78 is 0. The van der Waals surface area contributed by atoms with Crippen LogP contribution in [0, 0.1) is 5.41 Å². The third kappa shape index (κ3) is 1.57. The first-order valence-corrected chi connectivity index (χ1v) is 4.17. The highest BCUT2D eigenvalue weighted by molar-refractivity contribution is 14.0. The van der Waals surface area contributed by atoms with Crippen molar-refractivity contribution in [3.63, 3.8) is 0 Å². The van der Waals surface area contributed by atoms with E-state index in [1.165, 1.54) is 13.8 Å². The summed E-state index contributed by atoms with van der Waals surface area (Å²) in [5.41, 5.74) is -0.681. The van der Waals surface area contributed by atoms with Gasteiger partial charge in [0.1, 0.15) is 6.10 Å². The van der Waals surface area contributed by atoms with Gasteiger partial charge in [0.2, 0.25) is 0 Å². The number of hydrogen-bond acceptors (Lipinski definition) is 4. The Morgan fingerprint density at radius 1 is 1.36 bits per heavy atom. The molecule has 0 aromatic heterocycles.